The number of nitrogens with zero attached hydrogens (tertiary/aromatic N) is 1. The number of aryl methyl sites for hydroxylation is 1. The number of hydrogen-bond acceptors (Lipinski definition) is 2. The highest BCUT2D eigenvalue weighted by Crippen LogP contribution is 2.16. The Hall–Kier alpha value is -2.30. The van der Waals surface area contributed by atoms with E-state index in [0.29, 0.717) is 11.3 Å². The summed E-state index contributed by atoms with van der Waals surface area (Å²) in [5.41, 5.74) is 1.35. The molecule has 92 valence electrons. The van der Waals surface area contributed by atoms with Gasteiger partial charge in [0.25, 0.3) is 5.91 Å². The van der Waals surface area contributed by atoms with Crippen molar-refractivity contribution in [2.24, 2.45) is 0 Å². The van der Waals surface area contributed by atoms with Gasteiger partial charge in [-0.15, -0.1) is 0 Å². The van der Waals surface area contributed by atoms with Crippen LogP contribution in [0.3, 0.4) is 0 Å². The minimum Gasteiger partial charge on any atom is -0.322 e. The Balaban J connectivity index is 2.18. The van der Waals surface area contributed by atoms with Gasteiger partial charge in [0.05, 0.1) is 5.56 Å². The number of rotatable bonds is 2. The fourth-order valence-corrected chi connectivity index (χ4v) is 1.47. The van der Waals surface area contributed by atoms with Crippen LogP contribution in [0.25, 0.3) is 0 Å². The number of benzene rings is 1. The molecule has 0 aliphatic heterocycles. The molecule has 0 saturated heterocycles. The maximum atomic E-state index is 12.9. The molecule has 3 nitrogen and oxygen atoms in total. The van der Waals surface area contributed by atoms with Crippen molar-refractivity contribution in [2.45, 2.75) is 6.92 Å². The number of carbonyl (C=O) groups excluding carboxylic acids is 1. The van der Waals surface area contributed by atoms with Crippen LogP contribution in [-0.4, -0.2) is 10.9 Å². The molecule has 1 aromatic carbocycles. The Morgan fingerprint density at radius 1 is 1.22 bits per heavy atom. The summed E-state index contributed by atoms with van der Waals surface area (Å²) < 4.78 is 25.5. The van der Waals surface area contributed by atoms with Gasteiger partial charge < -0.3 is 5.32 Å². The summed E-state index contributed by atoms with van der Waals surface area (Å²) in [6.45, 7) is 1.68. The zero-order valence-electron chi connectivity index (χ0n) is 9.58. The highest BCUT2D eigenvalue weighted by atomic mass is 19.1. The van der Waals surface area contributed by atoms with Crippen molar-refractivity contribution in [3.63, 3.8) is 0 Å². The molecule has 1 N–H and O–H groups in total. The Labute approximate surface area is 102 Å². The molecule has 1 amide bonds. The number of carbonyl (C=O) groups is 1. The van der Waals surface area contributed by atoms with Crippen molar-refractivity contribution in [2.75, 3.05) is 5.32 Å². The van der Waals surface area contributed by atoms with Gasteiger partial charge >= 0.3 is 0 Å². The molecule has 0 fully saturated rings. The number of aromatic nitrogens is 1. The van der Waals surface area contributed by atoms with E-state index in [1.165, 1.54) is 24.3 Å². The van der Waals surface area contributed by atoms with E-state index < -0.39 is 11.9 Å². The van der Waals surface area contributed by atoms with Gasteiger partial charge in [0.15, 0.2) is 0 Å². The van der Waals surface area contributed by atoms with Crippen molar-refractivity contribution < 1.29 is 13.6 Å². The lowest BCUT2D eigenvalue weighted by Crippen LogP contribution is -2.13. The second-order valence-corrected chi connectivity index (χ2v) is 3.78. The first kappa shape index (κ1) is 12.2. The van der Waals surface area contributed by atoms with E-state index in [2.05, 4.69) is 10.3 Å². The molecule has 0 saturated carbocycles. The van der Waals surface area contributed by atoms with Crippen LogP contribution in [0.5, 0.6) is 0 Å². The van der Waals surface area contributed by atoms with Gasteiger partial charge in [-0.25, -0.2) is 9.37 Å². The standard InChI is InChI=1S/C13H10F2N2O/c1-8-6-10(14)3-4-11(8)17-13(18)9-2-5-12(15)16-7-9/h2-7H,1H3,(H,17,18). The normalized spacial score (nSPS) is 10.2. The SMILES string of the molecule is Cc1cc(F)ccc1NC(=O)c1ccc(F)nc1. The van der Waals surface area contributed by atoms with E-state index in [1.807, 2.05) is 0 Å². The van der Waals surface area contributed by atoms with Crippen LogP contribution in [-0.2, 0) is 0 Å². The number of amides is 1. The number of anilines is 1. The molecular formula is C13H10F2N2O. The third-order valence-electron chi connectivity index (χ3n) is 2.43. The second-order valence-electron chi connectivity index (χ2n) is 3.78. The zero-order chi connectivity index (χ0) is 13.1. The van der Waals surface area contributed by atoms with Gasteiger partial charge in [0.2, 0.25) is 5.95 Å². The first-order valence-electron chi connectivity index (χ1n) is 5.25. The van der Waals surface area contributed by atoms with E-state index >= 15 is 0 Å². The third kappa shape index (κ3) is 2.68. The largest absolute Gasteiger partial charge is 0.322 e. The minimum absolute atomic E-state index is 0.236. The molecule has 0 aliphatic rings. The van der Waals surface area contributed by atoms with E-state index in [1.54, 1.807) is 6.92 Å². The van der Waals surface area contributed by atoms with Crippen LogP contribution in [0, 0.1) is 18.7 Å². The Kier molecular flexibility index (Phi) is 3.32. The quantitative estimate of drug-likeness (QED) is 0.830. The Bertz CT molecular complexity index is 582. The van der Waals surface area contributed by atoms with Gasteiger partial charge in [-0.1, -0.05) is 0 Å². The van der Waals surface area contributed by atoms with Crippen LogP contribution in [0.1, 0.15) is 15.9 Å². The molecule has 2 rings (SSSR count). The molecule has 5 heteroatoms. The van der Waals surface area contributed by atoms with Crippen LogP contribution in [0.2, 0.25) is 0 Å². The van der Waals surface area contributed by atoms with Gasteiger partial charge in [-0.05, 0) is 42.8 Å². The molecule has 0 spiro atoms. The number of hydrogen-bond donors (Lipinski definition) is 1. The molecule has 0 atom stereocenters. The Morgan fingerprint density at radius 3 is 2.61 bits per heavy atom. The summed E-state index contributed by atoms with van der Waals surface area (Å²) in [7, 11) is 0. The maximum absolute atomic E-state index is 12.9. The van der Waals surface area contributed by atoms with Gasteiger partial charge in [-0.2, -0.15) is 4.39 Å². The van der Waals surface area contributed by atoms with Crippen LogP contribution < -0.4 is 5.32 Å². The predicted octanol–water partition coefficient (Wildman–Crippen LogP) is 2.92. The lowest BCUT2D eigenvalue weighted by Gasteiger charge is -2.08. The topological polar surface area (TPSA) is 42.0 Å². The molecule has 2 aromatic rings. The van der Waals surface area contributed by atoms with Crippen LogP contribution in [0.15, 0.2) is 36.5 Å². The first-order chi connectivity index (χ1) is 8.56. The van der Waals surface area contributed by atoms with Crippen LogP contribution >= 0.6 is 0 Å². The summed E-state index contributed by atoms with van der Waals surface area (Å²) in [5.74, 6) is -1.43. The minimum atomic E-state index is -0.649. The summed E-state index contributed by atoms with van der Waals surface area (Å²) in [4.78, 5) is 15.2. The molecule has 0 bridgehead atoms. The summed E-state index contributed by atoms with van der Waals surface area (Å²) in [6.07, 6.45) is 1.14. The molecule has 18 heavy (non-hydrogen) atoms. The first-order valence-corrected chi connectivity index (χ1v) is 5.25. The van der Waals surface area contributed by atoms with E-state index in [9.17, 15) is 13.6 Å². The number of halogens is 2. The van der Waals surface area contributed by atoms with Gasteiger partial charge in [-0.3, -0.25) is 4.79 Å². The molecule has 1 aromatic heterocycles. The molecule has 1 heterocycles. The van der Waals surface area contributed by atoms with Crippen molar-refractivity contribution in [3.8, 4) is 0 Å². The fraction of sp³-hybridized carbons (Fsp3) is 0.0769. The lowest BCUT2D eigenvalue weighted by atomic mass is 10.2. The van der Waals surface area contributed by atoms with Gasteiger partial charge in [0.1, 0.15) is 5.82 Å². The van der Waals surface area contributed by atoms with Crippen molar-refractivity contribution >= 4 is 11.6 Å². The van der Waals surface area contributed by atoms with E-state index in [4.69, 9.17) is 0 Å². The Morgan fingerprint density at radius 2 is 2.00 bits per heavy atom. The lowest BCUT2D eigenvalue weighted by molar-refractivity contribution is 0.102. The smallest absolute Gasteiger partial charge is 0.257 e. The fourth-order valence-electron chi connectivity index (χ4n) is 1.47. The number of pyridine rings is 1. The summed E-state index contributed by atoms with van der Waals surface area (Å²) in [6, 6.07) is 6.48. The average Bonchev–Trinajstić information content (AvgIpc) is 2.33. The summed E-state index contributed by atoms with van der Waals surface area (Å²) >= 11 is 0. The molecule has 0 radical (unpaired) electrons. The van der Waals surface area contributed by atoms with Crippen LogP contribution in [0.4, 0.5) is 14.5 Å². The highest BCUT2D eigenvalue weighted by molar-refractivity contribution is 6.04. The summed E-state index contributed by atoms with van der Waals surface area (Å²) in [5, 5.41) is 2.61. The maximum Gasteiger partial charge on any atom is 0.257 e. The number of nitrogens with one attached hydrogen (secondary N) is 1. The van der Waals surface area contributed by atoms with E-state index in [0.717, 1.165) is 12.3 Å². The monoisotopic (exact) mass is 248 g/mol. The molecule has 0 unspecified atom stereocenters. The van der Waals surface area contributed by atoms with Crippen molar-refractivity contribution in [3.05, 3.63) is 59.4 Å². The zero-order valence-corrected chi connectivity index (χ0v) is 9.58. The predicted molar refractivity (Wildman–Crippen MR) is 63.3 cm³/mol. The third-order valence-corrected chi connectivity index (χ3v) is 2.43. The van der Waals surface area contributed by atoms with E-state index in [-0.39, 0.29) is 11.4 Å². The average molecular weight is 248 g/mol. The van der Waals surface area contributed by atoms with Crippen molar-refractivity contribution in [1.82, 2.24) is 4.98 Å². The molecular weight excluding hydrogens is 238 g/mol. The highest BCUT2D eigenvalue weighted by Gasteiger charge is 2.08. The van der Waals surface area contributed by atoms with Crippen molar-refractivity contribution in [1.29, 1.82) is 0 Å². The van der Waals surface area contributed by atoms with Gasteiger partial charge in [0, 0.05) is 11.9 Å². The second kappa shape index (κ2) is 4.91. The molecule has 0 aliphatic carbocycles.